The van der Waals surface area contributed by atoms with Gasteiger partial charge < -0.3 is 13.4 Å². The molecular weight excluding hydrogens is 789 g/mol. The summed E-state index contributed by atoms with van der Waals surface area (Å²) in [6.07, 6.45) is 2.44. The molecule has 5 heterocycles. The zero-order chi connectivity index (χ0) is 41.3. The zero-order valence-corrected chi connectivity index (χ0v) is 35.0. The van der Waals surface area contributed by atoms with Crippen LogP contribution in [0.5, 0.6) is 0 Å². The van der Waals surface area contributed by atoms with Gasteiger partial charge in [-0.1, -0.05) is 134 Å². The number of thiophene rings is 1. The molecule has 0 saturated carbocycles. The molecule has 296 valence electrons. The van der Waals surface area contributed by atoms with Crippen molar-refractivity contribution in [2.75, 3.05) is 0 Å². The number of para-hydroxylation sites is 4. The highest BCUT2D eigenvalue weighted by Crippen LogP contribution is 2.48. The molecule has 1 unspecified atom stereocenters. The van der Waals surface area contributed by atoms with Crippen LogP contribution < -0.4 is 0 Å². The Hall–Kier alpha value is -7.73. The third-order valence-electron chi connectivity index (χ3n) is 13.6. The largest absolute Gasteiger partial charge is 0.456 e. The lowest BCUT2D eigenvalue weighted by atomic mass is 9.78. The van der Waals surface area contributed by atoms with E-state index in [-0.39, 0.29) is 11.8 Å². The summed E-state index contributed by atoms with van der Waals surface area (Å²) < 4.78 is 18.6. The lowest BCUT2D eigenvalue weighted by molar-refractivity contribution is 0.658. The quantitative estimate of drug-likeness (QED) is 0.177. The van der Waals surface area contributed by atoms with E-state index in [1.165, 1.54) is 47.3 Å². The van der Waals surface area contributed by atoms with Crippen molar-refractivity contribution in [1.82, 2.24) is 4.57 Å². The molecule has 0 spiro atoms. The molecule has 14 rings (SSSR count). The second kappa shape index (κ2) is 13.1. The van der Waals surface area contributed by atoms with E-state index in [2.05, 4.69) is 193 Å². The van der Waals surface area contributed by atoms with Crippen LogP contribution in [-0.2, 0) is 0 Å². The van der Waals surface area contributed by atoms with Crippen molar-refractivity contribution in [3.8, 4) is 5.69 Å². The molecule has 0 N–H and O–H groups in total. The third-order valence-corrected chi connectivity index (χ3v) is 14.8. The van der Waals surface area contributed by atoms with Gasteiger partial charge in [-0.3, -0.25) is 4.99 Å². The fraction of sp³-hybridized carbons (Fsp3) is 0.0517. The number of aromatic nitrogens is 1. The van der Waals surface area contributed by atoms with Crippen LogP contribution in [0.1, 0.15) is 29.5 Å². The maximum Gasteiger partial charge on any atom is 0.144 e. The van der Waals surface area contributed by atoms with Gasteiger partial charge >= 0.3 is 0 Å². The first-order valence-corrected chi connectivity index (χ1v) is 22.5. The van der Waals surface area contributed by atoms with E-state index in [0.29, 0.717) is 0 Å². The molecule has 0 fully saturated rings. The number of furan rings is 2. The van der Waals surface area contributed by atoms with Crippen molar-refractivity contribution in [3.05, 3.63) is 205 Å². The molecule has 0 bridgehead atoms. The van der Waals surface area contributed by atoms with Crippen molar-refractivity contribution < 1.29 is 8.83 Å². The lowest BCUT2D eigenvalue weighted by Crippen LogP contribution is -2.23. The zero-order valence-electron chi connectivity index (χ0n) is 34.2. The predicted molar refractivity (Wildman–Crippen MR) is 265 cm³/mol. The van der Waals surface area contributed by atoms with Crippen LogP contribution in [-0.4, -0.2) is 10.3 Å². The minimum absolute atomic E-state index is 0.000344. The smallest absolute Gasteiger partial charge is 0.144 e. The molecule has 5 heteroatoms. The fourth-order valence-corrected chi connectivity index (χ4v) is 11.9. The second-order valence-electron chi connectivity index (χ2n) is 17.0. The number of nitrogens with zero attached hydrogens (tertiary/aromatic N) is 2. The number of benzene rings is 9. The number of aliphatic imine (C=N–C) groups is 1. The summed E-state index contributed by atoms with van der Waals surface area (Å²) in [7, 11) is 0. The Kier molecular flexibility index (Phi) is 7.28. The van der Waals surface area contributed by atoms with E-state index in [0.717, 1.165) is 83.1 Å². The molecule has 0 radical (unpaired) electrons. The van der Waals surface area contributed by atoms with Crippen molar-refractivity contribution in [1.29, 1.82) is 0 Å². The Morgan fingerprint density at radius 1 is 0.508 bits per heavy atom. The van der Waals surface area contributed by atoms with Crippen LogP contribution in [0.2, 0.25) is 0 Å². The summed E-state index contributed by atoms with van der Waals surface area (Å²) in [6, 6.07) is 65.5. The van der Waals surface area contributed by atoms with Gasteiger partial charge in [0.1, 0.15) is 22.3 Å². The molecule has 4 aromatic heterocycles. The molecule has 2 atom stereocenters. The Morgan fingerprint density at radius 3 is 2.06 bits per heavy atom. The van der Waals surface area contributed by atoms with Gasteiger partial charge in [0, 0.05) is 81.5 Å². The number of rotatable bonds is 4. The molecule has 4 nitrogen and oxygen atoms in total. The molecule has 9 aromatic carbocycles. The summed E-state index contributed by atoms with van der Waals surface area (Å²) in [5.41, 5.74) is 12.0. The predicted octanol–water partition coefficient (Wildman–Crippen LogP) is 16.4. The number of allylic oxidation sites excluding steroid dienone is 1. The van der Waals surface area contributed by atoms with E-state index >= 15 is 0 Å². The minimum Gasteiger partial charge on any atom is -0.456 e. The van der Waals surface area contributed by atoms with Crippen molar-refractivity contribution in [2.45, 2.75) is 12.8 Å². The van der Waals surface area contributed by atoms with E-state index in [4.69, 9.17) is 13.8 Å². The minimum atomic E-state index is 0.000344. The summed E-state index contributed by atoms with van der Waals surface area (Å²) in [4.78, 5) is 5.82. The molecule has 0 saturated heterocycles. The molecule has 13 aromatic rings. The standard InChI is InChI=1S/C58H36N2O2S/c1-33-45(42-22-13-21-41-39-18-7-11-27-54(39)63-58(41)42)32-48(59-56(33)44-23-12-20-40-38-17-5-9-25-51(38)62-57(40)44)47-30-36(31-53-55(47)43-19-6-10-26-52(43)61-53)60-49-24-8-4-16-37(49)46-28-34-14-2-3-15-35(34)29-50(46)60/h2-33,45H,1H3/t33-,45?/m0/s1. The Labute approximate surface area is 365 Å². The van der Waals surface area contributed by atoms with E-state index < -0.39 is 0 Å². The summed E-state index contributed by atoms with van der Waals surface area (Å²) in [6.45, 7) is 2.34. The average Bonchev–Trinajstić information content (AvgIpc) is 4.09. The van der Waals surface area contributed by atoms with Crippen LogP contribution in [0.25, 0.3) is 108 Å². The van der Waals surface area contributed by atoms with Gasteiger partial charge in [0.05, 0.1) is 28.1 Å². The normalized spacial score (nSPS) is 15.9. The molecule has 63 heavy (non-hydrogen) atoms. The highest BCUT2D eigenvalue weighted by atomic mass is 32.1. The van der Waals surface area contributed by atoms with Crippen molar-refractivity contribution >= 4 is 119 Å². The molecule has 1 aliphatic heterocycles. The maximum atomic E-state index is 6.84. The Morgan fingerprint density at radius 2 is 1.19 bits per heavy atom. The second-order valence-corrected chi connectivity index (χ2v) is 18.1. The van der Waals surface area contributed by atoms with Gasteiger partial charge in [0.15, 0.2) is 0 Å². The maximum absolute atomic E-state index is 6.84. The SMILES string of the molecule is C[C@@H]1C(c2cccc3c2oc2ccccc23)=NC(c2cc(-n3c4ccccc4c4cc5ccccc5cc43)cc3oc4ccccc4c23)=CC1c1cccc2c1sc1ccccc12. The van der Waals surface area contributed by atoms with Gasteiger partial charge in [-0.25, -0.2) is 0 Å². The van der Waals surface area contributed by atoms with Gasteiger partial charge in [-0.05, 0) is 70.9 Å². The monoisotopic (exact) mass is 824 g/mol. The summed E-state index contributed by atoms with van der Waals surface area (Å²) in [5, 5.41) is 11.8. The number of hydrogen-bond acceptors (Lipinski definition) is 4. The van der Waals surface area contributed by atoms with E-state index in [1.54, 1.807) is 0 Å². The van der Waals surface area contributed by atoms with E-state index in [9.17, 15) is 0 Å². The summed E-state index contributed by atoms with van der Waals surface area (Å²) in [5.74, 6) is 0.0223. The van der Waals surface area contributed by atoms with Crippen LogP contribution in [0.15, 0.2) is 202 Å². The third kappa shape index (κ3) is 5.05. The average molecular weight is 825 g/mol. The van der Waals surface area contributed by atoms with Gasteiger partial charge in [-0.2, -0.15) is 0 Å². The van der Waals surface area contributed by atoms with Crippen LogP contribution in [0.3, 0.4) is 0 Å². The van der Waals surface area contributed by atoms with Gasteiger partial charge in [-0.15, -0.1) is 11.3 Å². The number of hydrogen-bond donors (Lipinski definition) is 0. The lowest BCUT2D eigenvalue weighted by Gasteiger charge is -2.29. The first kappa shape index (κ1) is 34.9. The van der Waals surface area contributed by atoms with Gasteiger partial charge in [0.25, 0.3) is 0 Å². The van der Waals surface area contributed by atoms with Gasteiger partial charge in [0.2, 0.25) is 0 Å². The van der Waals surface area contributed by atoms with Crippen LogP contribution in [0.4, 0.5) is 0 Å². The molecule has 0 amide bonds. The van der Waals surface area contributed by atoms with E-state index in [1.807, 2.05) is 17.4 Å². The topological polar surface area (TPSA) is 43.6 Å². The van der Waals surface area contributed by atoms with Crippen LogP contribution in [0, 0.1) is 5.92 Å². The molecular formula is C58H36N2O2S. The fourth-order valence-electron chi connectivity index (χ4n) is 10.7. The van der Waals surface area contributed by atoms with Crippen molar-refractivity contribution in [3.63, 3.8) is 0 Å². The Balaban J connectivity index is 1.09. The Bertz CT molecular complexity index is 4130. The highest BCUT2D eigenvalue weighted by Gasteiger charge is 2.33. The van der Waals surface area contributed by atoms with Crippen molar-refractivity contribution in [2.24, 2.45) is 10.9 Å². The van der Waals surface area contributed by atoms with Crippen LogP contribution >= 0.6 is 11.3 Å². The number of fused-ring (bicyclic) bond motifs is 13. The summed E-state index contributed by atoms with van der Waals surface area (Å²) >= 11 is 1.89. The highest BCUT2D eigenvalue weighted by molar-refractivity contribution is 7.26. The molecule has 1 aliphatic rings. The first-order chi connectivity index (χ1) is 31.1. The first-order valence-electron chi connectivity index (χ1n) is 21.6. The molecule has 0 aliphatic carbocycles.